The Balaban J connectivity index is 1.65. The van der Waals surface area contributed by atoms with E-state index < -0.39 is 0 Å². The van der Waals surface area contributed by atoms with E-state index in [1.807, 2.05) is 49.6 Å². The normalized spacial score (nSPS) is 11.4. The van der Waals surface area contributed by atoms with E-state index in [4.69, 9.17) is 5.73 Å². The molecule has 0 bridgehead atoms. The second-order valence-electron chi connectivity index (χ2n) is 6.34. The topological polar surface area (TPSA) is 116 Å². The molecule has 0 aliphatic rings. The lowest BCUT2D eigenvalue weighted by Gasteiger charge is -2.11. The molecule has 3 N–H and O–H groups in total. The van der Waals surface area contributed by atoms with Gasteiger partial charge in [-0.05, 0) is 32.9 Å². The van der Waals surface area contributed by atoms with Crippen LogP contribution in [0.2, 0.25) is 0 Å². The number of imidazole rings is 1. The molecule has 0 aliphatic heterocycles. The van der Waals surface area contributed by atoms with Crippen molar-refractivity contribution in [1.29, 1.82) is 0 Å². The molecule has 4 aromatic rings. The number of nitrogen functional groups attached to an aromatic ring is 1. The molecule has 4 rings (SSSR count). The minimum absolute atomic E-state index is 0.156. The monoisotopic (exact) mass is 364 g/mol. The highest BCUT2D eigenvalue weighted by molar-refractivity contribution is 5.93. The Labute approximate surface area is 155 Å². The van der Waals surface area contributed by atoms with Crippen LogP contribution in [0.25, 0.3) is 16.8 Å². The molecule has 0 atom stereocenters. The summed E-state index contributed by atoms with van der Waals surface area (Å²) in [5.74, 6) is 0.959. The van der Waals surface area contributed by atoms with E-state index in [1.165, 1.54) is 0 Å². The molecular formula is C18H20N8O. The first-order chi connectivity index (χ1) is 13.0. The van der Waals surface area contributed by atoms with Gasteiger partial charge in [0.05, 0.1) is 17.5 Å². The zero-order chi connectivity index (χ0) is 19.1. The maximum Gasteiger partial charge on any atom is 0.254 e. The van der Waals surface area contributed by atoms with E-state index in [9.17, 15) is 4.79 Å². The Morgan fingerprint density at radius 3 is 2.74 bits per heavy atom. The van der Waals surface area contributed by atoms with Crippen molar-refractivity contribution in [1.82, 2.24) is 29.1 Å². The third-order valence-corrected chi connectivity index (χ3v) is 4.62. The van der Waals surface area contributed by atoms with Gasteiger partial charge in [-0.1, -0.05) is 12.1 Å². The Hall–Kier alpha value is -3.49. The number of para-hydroxylation sites is 2. The lowest BCUT2D eigenvalue weighted by atomic mass is 10.1. The van der Waals surface area contributed by atoms with Crippen LogP contribution in [0.5, 0.6) is 0 Å². The van der Waals surface area contributed by atoms with Crippen LogP contribution in [0.1, 0.15) is 23.9 Å². The number of hydrogen-bond acceptors (Lipinski definition) is 6. The molecule has 9 heteroatoms. The number of amides is 1. The van der Waals surface area contributed by atoms with Crippen LogP contribution in [0, 0.1) is 13.8 Å². The first-order valence-electron chi connectivity index (χ1n) is 8.71. The van der Waals surface area contributed by atoms with E-state index in [-0.39, 0.29) is 18.3 Å². The lowest BCUT2D eigenvalue weighted by molar-refractivity contribution is -0.115. The van der Waals surface area contributed by atoms with Gasteiger partial charge in [-0.15, -0.1) is 5.10 Å². The zero-order valence-electron chi connectivity index (χ0n) is 15.4. The van der Waals surface area contributed by atoms with E-state index in [2.05, 4.69) is 25.4 Å². The number of aromatic nitrogens is 6. The fourth-order valence-electron chi connectivity index (χ4n) is 3.30. The summed E-state index contributed by atoms with van der Waals surface area (Å²) in [6.07, 6.45) is 0.160. The molecule has 1 aromatic carbocycles. The summed E-state index contributed by atoms with van der Waals surface area (Å²) in [6.45, 7) is 6.45. The summed E-state index contributed by atoms with van der Waals surface area (Å²) in [4.78, 5) is 25.7. The first-order valence-corrected chi connectivity index (χ1v) is 8.71. The SMILES string of the molecule is CCn1c(NC(=O)Cc2c(C)nc3nc(N)nn3c2C)nc2ccccc21. The number of carbonyl (C=O) groups excluding carboxylic acids is 1. The van der Waals surface area contributed by atoms with Gasteiger partial charge in [-0.25, -0.2) is 9.97 Å². The molecule has 138 valence electrons. The van der Waals surface area contributed by atoms with Crippen LogP contribution >= 0.6 is 0 Å². The molecule has 0 aliphatic carbocycles. The van der Waals surface area contributed by atoms with Crippen LogP contribution in [-0.2, 0) is 17.8 Å². The average Bonchev–Trinajstić information content (AvgIpc) is 3.17. The molecule has 0 radical (unpaired) electrons. The standard InChI is InChI=1S/C18H20N8O/c1-4-25-14-8-6-5-7-13(14)21-17(25)22-15(27)9-12-10(2)20-18-23-16(19)24-26(18)11(12)3/h5-8H,4,9H2,1-3H3,(H2,19,24)(H,21,22,27). The molecule has 0 fully saturated rings. The summed E-state index contributed by atoms with van der Waals surface area (Å²) < 4.78 is 3.54. The summed E-state index contributed by atoms with van der Waals surface area (Å²) in [7, 11) is 0. The summed E-state index contributed by atoms with van der Waals surface area (Å²) in [5.41, 5.74) is 9.81. The van der Waals surface area contributed by atoms with Crippen molar-refractivity contribution in [3.63, 3.8) is 0 Å². The predicted molar refractivity (Wildman–Crippen MR) is 102 cm³/mol. The second kappa shape index (κ2) is 6.35. The smallest absolute Gasteiger partial charge is 0.254 e. The van der Waals surface area contributed by atoms with Gasteiger partial charge < -0.3 is 10.3 Å². The van der Waals surface area contributed by atoms with Gasteiger partial charge in [-0.3, -0.25) is 10.1 Å². The highest BCUT2D eigenvalue weighted by Gasteiger charge is 2.17. The van der Waals surface area contributed by atoms with Gasteiger partial charge in [-0.2, -0.15) is 9.50 Å². The largest absolute Gasteiger partial charge is 0.366 e. The number of fused-ring (bicyclic) bond motifs is 2. The molecule has 0 saturated heterocycles. The van der Waals surface area contributed by atoms with E-state index in [1.54, 1.807) is 4.52 Å². The highest BCUT2D eigenvalue weighted by Crippen LogP contribution is 2.20. The van der Waals surface area contributed by atoms with E-state index >= 15 is 0 Å². The van der Waals surface area contributed by atoms with Crippen LogP contribution in [0.3, 0.4) is 0 Å². The number of benzene rings is 1. The number of hydrogen-bond donors (Lipinski definition) is 2. The molecule has 3 heterocycles. The fourth-order valence-corrected chi connectivity index (χ4v) is 3.30. The Kier molecular flexibility index (Phi) is 3.98. The number of nitrogens with two attached hydrogens (primary N) is 1. The second-order valence-corrected chi connectivity index (χ2v) is 6.34. The minimum atomic E-state index is -0.166. The van der Waals surface area contributed by atoms with E-state index in [0.717, 1.165) is 28.0 Å². The van der Waals surface area contributed by atoms with Crippen molar-refractivity contribution in [3.8, 4) is 0 Å². The quantitative estimate of drug-likeness (QED) is 0.571. The van der Waals surface area contributed by atoms with Crippen molar-refractivity contribution in [3.05, 3.63) is 41.2 Å². The number of carbonyl (C=O) groups is 1. The van der Waals surface area contributed by atoms with Gasteiger partial charge in [0.15, 0.2) is 0 Å². The van der Waals surface area contributed by atoms with Gasteiger partial charge in [0.1, 0.15) is 0 Å². The van der Waals surface area contributed by atoms with E-state index in [0.29, 0.717) is 18.3 Å². The molecule has 0 saturated carbocycles. The van der Waals surface area contributed by atoms with Gasteiger partial charge in [0, 0.05) is 23.5 Å². The van der Waals surface area contributed by atoms with Crippen LogP contribution in [0.15, 0.2) is 24.3 Å². The van der Waals surface area contributed by atoms with Crippen LogP contribution < -0.4 is 11.1 Å². The number of aryl methyl sites for hydroxylation is 3. The third kappa shape index (κ3) is 2.86. The molecule has 9 nitrogen and oxygen atoms in total. The van der Waals surface area contributed by atoms with Crippen LogP contribution in [-0.4, -0.2) is 35.0 Å². The molecule has 0 unspecified atom stereocenters. The third-order valence-electron chi connectivity index (χ3n) is 4.62. The first kappa shape index (κ1) is 17.0. The highest BCUT2D eigenvalue weighted by atomic mass is 16.1. The summed E-state index contributed by atoms with van der Waals surface area (Å²) in [6, 6.07) is 7.80. The van der Waals surface area contributed by atoms with Gasteiger partial charge in [0.2, 0.25) is 17.8 Å². The number of anilines is 2. The predicted octanol–water partition coefficient (Wildman–Crippen LogP) is 1.87. The molecule has 0 spiro atoms. The fraction of sp³-hybridized carbons (Fsp3) is 0.278. The van der Waals surface area contributed by atoms with Crippen molar-refractivity contribution < 1.29 is 4.79 Å². The molecule has 27 heavy (non-hydrogen) atoms. The zero-order valence-corrected chi connectivity index (χ0v) is 15.4. The Bertz CT molecular complexity index is 1170. The molecule has 1 amide bonds. The maximum atomic E-state index is 12.7. The van der Waals surface area contributed by atoms with Crippen molar-refractivity contribution in [2.75, 3.05) is 11.1 Å². The van der Waals surface area contributed by atoms with Crippen LogP contribution in [0.4, 0.5) is 11.9 Å². The van der Waals surface area contributed by atoms with Crippen molar-refractivity contribution >= 4 is 34.6 Å². The van der Waals surface area contributed by atoms with Gasteiger partial charge >= 0.3 is 0 Å². The summed E-state index contributed by atoms with van der Waals surface area (Å²) in [5, 5.41) is 7.06. The Morgan fingerprint density at radius 1 is 1.19 bits per heavy atom. The summed E-state index contributed by atoms with van der Waals surface area (Å²) >= 11 is 0. The lowest BCUT2D eigenvalue weighted by Crippen LogP contribution is -2.20. The van der Waals surface area contributed by atoms with Crippen molar-refractivity contribution in [2.45, 2.75) is 33.7 Å². The molecule has 3 aromatic heterocycles. The number of rotatable bonds is 4. The number of nitrogens with one attached hydrogen (secondary N) is 1. The van der Waals surface area contributed by atoms with Gasteiger partial charge in [0.25, 0.3) is 5.78 Å². The maximum absolute atomic E-state index is 12.7. The average molecular weight is 364 g/mol. The number of nitrogens with zero attached hydrogens (tertiary/aromatic N) is 6. The Morgan fingerprint density at radius 2 is 1.96 bits per heavy atom. The molecular weight excluding hydrogens is 344 g/mol. The minimum Gasteiger partial charge on any atom is -0.366 e. The van der Waals surface area contributed by atoms with Crippen molar-refractivity contribution in [2.24, 2.45) is 0 Å².